The molecule has 2 aromatic heterocycles. The molecule has 0 atom stereocenters. The lowest BCUT2D eigenvalue weighted by atomic mass is 10.2. The fourth-order valence-corrected chi connectivity index (χ4v) is 1.84. The molecule has 108 valence electrons. The fourth-order valence-electron chi connectivity index (χ4n) is 1.84. The Morgan fingerprint density at radius 3 is 2.65 bits per heavy atom. The number of nitrogens with one attached hydrogen (secondary N) is 1. The van der Waals surface area contributed by atoms with Crippen molar-refractivity contribution in [2.75, 3.05) is 6.54 Å². The molecule has 0 bridgehead atoms. The summed E-state index contributed by atoms with van der Waals surface area (Å²) in [6.07, 6.45) is 5.00. The molecule has 0 saturated heterocycles. The summed E-state index contributed by atoms with van der Waals surface area (Å²) in [5.74, 6) is 1.77. The molecule has 0 unspecified atom stereocenters. The Morgan fingerprint density at radius 1 is 1.25 bits per heavy atom. The van der Waals surface area contributed by atoms with E-state index in [1.54, 1.807) is 11.0 Å². The van der Waals surface area contributed by atoms with E-state index in [0.29, 0.717) is 18.4 Å². The maximum Gasteiger partial charge on any atom is 0.138 e. The van der Waals surface area contributed by atoms with Crippen LogP contribution in [0, 0.1) is 5.92 Å². The molecule has 2 aromatic rings. The van der Waals surface area contributed by atoms with E-state index >= 15 is 0 Å². The van der Waals surface area contributed by atoms with E-state index in [9.17, 15) is 0 Å². The number of hydrogen-bond acceptors (Lipinski definition) is 5. The molecule has 0 aliphatic heterocycles. The standard InChI is InChI=1S/C14H22N6/c1-10(2)5-15-6-12-13(20-9-16-8-18-20)7-17-14(19-12)11(3)4/h7-11,15H,5-6H2,1-4H3. The fraction of sp³-hybridized carbons (Fsp3) is 0.571. The molecule has 20 heavy (non-hydrogen) atoms. The predicted molar refractivity (Wildman–Crippen MR) is 77.6 cm³/mol. The minimum atomic E-state index is 0.309. The Morgan fingerprint density at radius 2 is 2.05 bits per heavy atom. The van der Waals surface area contributed by atoms with Crippen LogP contribution in [0.25, 0.3) is 5.69 Å². The van der Waals surface area contributed by atoms with E-state index in [0.717, 1.165) is 23.8 Å². The average Bonchev–Trinajstić information content (AvgIpc) is 2.91. The molecular formula is C14H22N6. The zero-order chi connectivity index (χ0) is 14.5. The molecule has 2 rings (SSSR count). The third-order valence-electron chi connectivity index (χ3n) is 2.89. The highest BCUT2D eigenvalue weighted by molar-refractivity contribution is 5.33. The zero-order valence-corrected chi connectivity index (χ0v) is 12.5. The van der Waals surface area contributed by atoms with Gasteiger partial charge in [0.2, 0.25) is 0 Å². The molecular weight excluding hydrogens is 252 g/mol. The van der Waals surface area contributed by atoms with Crippen LogP contribution in [-0.4, -0.2) is 31.3 Å². The van der Waals surface area contributed by atoms with E-state index in [-0.39, 0.29) is 0 Å². The molecule has 0 amide bonds. The maximum atomic E-state index is 4.66. The van der Waals surface area contributed by atoms with Gasteiger partial charge < -0.3 is 5.32 Å². The summed E-state index contributed by atoms with van der Waals surface area (Å²) in [5, 5.41) is 7.58. The van der Waals surface area contributed by atoms with Crippen molar-refractivity contribution in [1.29, 1.82) is 0 Å². The Balaban J connectivity index is 2.26. The van der Waals surface area contributed by atoms with E-state index in [1.807, 2.05) is 6.20 Å². The zero-order valence-electron chi connectivity index (χ0n) is 12.5. The molecule has 0 spiro atoms. The van der Waals surface area contributed by atoms with Crippen LogP contribution < -0.4 is 5.32 Å². The second kappa shape index (κ2) is 6.56. The van der Waals surface area contributed by atoms with Crippen LogP contribution in [0.5, 0.6) is 0 Å². The highest BCUT2D eigenvalue weighted by atomic mass is 15.3. The topological polar surface area (TPSA) is 68.5 Å². The van der Waals surface area contributed by atoms with Gasteiger partial charge in [0.15, 0.2) is 0 Å². The number of nitrogens with zero attached hydrogens (tertiary/aromatic N) is 5. The van der Waals surface area contributed by atoms with Crippen LogP contribution in [0.3, 0.4) is 0 Å². The summed E-state index contributed by atoms with van der Waals surface area (Å²) in [6, 6.07) is 0. The minimum Gasteiger partial charge on any atom is -0.311 e. The first-order valence-electron chi connectivity index (χ1n) is 6.99. The number of rotatable bonds is 6. The van der Waals surface area contributed by atoms with Crippen LogP contribution in [0.1, 0.15) is 45.1 Å². The summed E-state index contributed by atoms with van der Waals surface area (Å²) in [4.78, 5) is 13.1. The van der Waals surface area contributed by atoms with Gasteiger partial charge in [-0.25, -0.2) is 19.6 Å². The largest absolute Gasteiger partial charge is 0.311 e. The molecule has 0 saturated carbocycles. The Kier molecular flexibility index (Phi) is 4.79. The summed E-state index contributed by atoms with van der Waals surface area (Å²) >= 11 is 0. The third kappa shape index (κ3) is 3.60. The quantitative estimate of drug-likeness (QED) is 0.871. The van der Waals surface area contributed by atoms with Crippen LogP contribution in [0.2, 0.25) is 0 Å². The lowest BCUT2D eigenvalue weighted by Gasteiger charge is -2.13. The van der Waals surface area contributed by atoms with Crippen LogP contribution in [0.15, 0.2) is 18.9 Å². The average molecular weight is 274 g/mol. The summed E-state index contributed by atoms with van der Waals surface area (Å²) in [5.41, 5.74) is 1.83. The lowest BCUT2D eigenvalue weighted by molar-refractivity contribution is 0.544. The first-order chi connectivity index (χ1) is 9.58. The molecule has 0 aromatic carbocycles. The first kappa shape index (κ1) is 14.6. The Labute approximate surface area is 119 Å². The van der Waals surface area contributed by atoms with Crippen molar-refractivity contribution in [1.82, 2.24) is 30.0 Å². The van der Waals surface area contributed by atoms with Gasteiger partial charge in [0.05, 0.1) is 11.9 Å². The second-order valence-corrected chi connectivity index (χ2v) is 5.58. The van der Waals surface area contributed by atoms with Gasteiger partial charge >= 0.3 is 0 Å². The summed E-state index contributed by atoms with van der Waals surface area (Å²) < 4.78 is 1.70. The van der Waals surface area contributed by atoms with Gasteiger partial charge in [-0.3, -0.25) is 0 Å². The van der Waals surface area contributed by atoms with Crippen LogP contribution >= 0.6 is 0 Å². The van der Waals surface area contributed by atoms with Crippen molar-refractivity contribution < 1.29 is 0 Å². The van der Waals surface area contributed by atoms with Crippen molar-refractivity contribution >= 4 is 0 Å². The van der Waals surface area contributed by atoms with Crippen molar-refractivity contribution in [3.8, 4) is 5.69 Å². The molecule has 0 aliphatic carbocycles. The van der Waals surface area contributed by atoms with E-state index < -0.39 is 0 Å². The lowest BCUT2D eigenvalue weighted by Crippen LogP contribution is -2.21. The second-order valence-electron chi connectivity index (χ2n) is 5.58. The smallest absolute Gasteiger partial charge is 0.138 e. The van der Waals surface area contributed by atoms with Gasteiger partial charge in [-0.1, -0.05) is 27.7 Å². The molecule has 0 radical (unpaired) electrons. The maximum absolute atomic E-state index is 4.66. The summed E-state index contributed by atoms with van der Waals surface area (Å²) in [6.45, 7) is 10.2. The Bertz CT molecular complexity index is 533. The van der Waals surface area contributed by atoms with Gasteiger partial charge in [-0.05, 0) is 12.5 Å². The van der Waals surface area contributed by atoms with E-state index in [4.69, 9.17) is 0 Å². The van der Waals surface area contributed by atoms with Gasteiger partial charge in [-0.15, -0.1) is 0 Å². The van der Waals surface area contributed by atoms with Crippen LogP contribution in [0.4, 0.5) is 0 Å². The Hall–Kier alpha value is -1.82. The molecule has 0 fully saturated rings. The van der Waals surface area contributed by atoms with Crippen molar-refractivity contribution in [2.24, 2.45) is 5.92 Å². The molecule has 6 nitrogen and oxygen atoms in total. The third-order valence-corrected chi connectivity index (χ3v) is 2.89. The first-order valence-corrected chi connectivity index (χ1v) is 6.99. The SMILES string of the molecule is CC(C)CNCc1nc(C(C)C)ncc1-n1cncn1. The van der Waals surface area contributed by atoms with Gasteiger partial charge in [-0.2, -0.15) is 5.10 Å². The predicted octanol–water partition coefficient (Wildman–Crippen LogP) is 1.93. The van der Waals surface area contributed by atoms with Crippen molar-refractivity contribution in [3.63, 3.8) is 0 Å². The number of aromatic nitrogens is 5. The van der Waals surface area contributed by atoms with E-state index in [2.05, 4.69) is 53.1 Å². The highest BCUT2D eigenvalue weighted by Crippen LogP contribution is 2.14. The highest BCUT2D eigenvalue weighted by Gasteiger charge is 2.11. The molecule has 6 heteroatoms. The van der Waals surface area contributed by atoms with Gasteiger partial charge in [0.1, 0.15) is 24.2 Å². The number of hydrogen-bond donors (Lipinski definition) is 1. The minimum absolute atomic E-state index is 0.309. The molecule has 1 N–H and O–H groups in total. The van der Waals surface area contributed by atoms with E-state index in [1.165, 1.54) is 6.33 Å². The monoisotopic (exact) mass is 274 g/mol. The van der Waals surface area contributed by atoms with Gasteiger partial charge in [0, 0.05) is 12.5 Å². The van der Waals surface area contributed by atoms with Gasteiger partial charge in [0.25, 0.3) is 0 Å². The van der Waals surface area contributed by atoms with Crippen LogP contribution in [-0.2, 0) is 6.54 Å². The molecule has 0 aliphatic rings. The normalized spacial score (nSPS) is 11.5. The van der Waals surface area contributed by atoms with Crippen molar-refractivity contribution in [2.45, 2.75) is 40.2 Å². The molecule has 2 heterocycles. The van der Waals surface area contributed by atoms with Crippen molar-refractivity contribution in [3.05, 3.63) is 30.4 Å². The summed E-state index contributed by atoms with van der Waals surface area (Å²) in [7, 11) is 0.